The molecule has 0 aliphatic carbocycles. The van der Waals surface area contributed by atoms with Crippen molar-refractivity contribution in [3.63, 3.8) is 0 Å². The standard InChI is InChI=1S/C36H42N6O2SSi/c1-36(2,3)46(29-12-6-4-7-13-29,30-14-8-5-9-15-30)44-33(35-37-18-24-45-35)27-11-10-19-42(26-27)34-31-17-16-28(25-32(31)38-40-39-34)41-20-22-43-23-21-41/h4-9,12-18,24-25,27,33H,10-11,19-23,26H2,1-3H3/t27?,33-/m0/s1. The normalized spacial score (nSPS) is 18.5. The van der Waals surface area contributed by atoms with E-state index in [9.17, 15) is 0 Å². The van der Waals surface area contributed by atoms with Crippen LogP contribution in [0.1, 0.15) is 44.7 Å². The molecule has 46 heavy (non-hydrogen) atoms. The quantitative estimate of drug-likeness (QED) is 0.194. The van der Waals surface area contributed by atoms with E-state index in [2.05, 4.69) is 130 Å². The molecule has 10 heteroatoms. The third kappa shape index (κ3) is 5.95. The summed E-state index contributed by atoms with van der Waals surface area (Å²) in [5.41, 5.74) is 2.03. The Morgan fingerprint density at radius 3 is 2.26 bits per heavy atom. The van der Waals surface area contributed by atoms with Crippen LogP contribution < -0.4 is 20.2 Å². The zero-order valence-corrected chi connectivity index (χ0v) is 28.7. The molecule has 2 fully saturated rings. The summed E-state index contributed by atoms with van der Waals surface area (Å²) in [6, 6.07) is 28.3. The van der Waals surface area contributed by atoms with Gasteiger partial charge in [0, 0.05) is 54.7 Å². The summed E-state index contributed by atoms with van der Waals surface area (Å²) in [7, 11) is -2.82. The number of nitrogens with zero attached hydrogens (tertiary/aromatic N) is 6. The predicted octanol–water partition coefficient (Wildman–Crippen LogP) is 5.85. The molecule has 2 atom stereocenters. The van der Waals surface area contributed by atoms with Crippen LogP contribution in [0.3, 0.4) is 0 Å². The van der Waals surface area contributed by atoms with Crippen molar-refractivity contribution < 1.29 is 9.16 Å². The summed E-state index contributed by atoms with van der Waals surface area (Å²) in [6.07, 6.45) is 3.84. The van der Waals surface area contributed by atoms with Crippen LogP contribution in [0.5, 0.6) is 0 Å². The summed E-state index contributed by atoms with van der Waals surface area (Å²) in [5, 5.41) is 19.9. The fourth-order valence-corrected chi connectivity index (χ4v) is 12.8. The molecule has 2 aliphatic rings. The number of anilines is 2. The molecule has 3 aromatic carbocycles. The van der Waals surface area contributed by atoms with Crippen LogP contribution in [0.15, 0.2) is 90.4 Å². The second-order valence-electron chi connectivity index (χ2n) is 13.3. The Balaban J connectivity index is 1.26. The van der Waals surface area contributed by atoms with Crippen LogP contribution in [-0.4, -0.2) is 68.1 Å². The van der Waals surface area contributed by atoms with E-state index in [0.29, 0.717) is 0 Å². The van der Waals surface area contributed by atoms with E-state index < -0.39 is 8.32 Å². The molecule has 0 spiro atoms. The van der Waals surface area contributed by atoms with Crippen LogP contribution in [0, 0.1) is 5.92 Å². The van der Waals surface area contributed by atoms with Crippen molar-refractivity contribution in [2.45, 2.75) is 44.8 Å². The van der Waals surface area contributed by atoms with Gasteiger partial charge in [0.25, 0.3) is 8.32 Å². The van der Waals surface area contributed by atoms with Crippen molar-refractivity contribution >= 4 is 52.4 Å². The molecule has 5 aromatic rings. The summed E-state index contributed by atoms with van der Waals surface area (Å²) < 4.78 is 13.4. The third-order valence-electron chi connectivity index (χ3n) is 9.49. The smallest absolute Gasteiger partial charge is 0.262 e. The molecular weight excluding hydrogens is 609 g/mol. The van der Waals surface area contributed by atoms with Gasteiger partial charge in [0.2, 0.25) is 0 Å². The highest BCUT2D eigenvalue weighted by atomic mass is 32.1. The van der Waals surface area contributed by atoms with Gasteiger partial charge in [-0.05, 0) is 51.7 Å². The van der Waals surface area contributed by atoms with E-state index >= 15 is 0 Å². The molecule has 8 nitrogen and oxygen atoms in total. The molecule has 0 N–H and O–H groups in total. The molecule has 238 valence electrons. The number of rotatable bonds is 8. The average Bonchev–Trinajstić information content (AvgIpc) is 3.64. The first-order valence-electron chi connectivity index (χ1n) is 16.3. The minimum atomic E-state index is -2.82. The zero-order chi connectivity index (χ0) is 31.6. The Kier molecular flexibility index (Phi) is 8.87. The maximum atomic E-state index is 7.81. The van der Waals surface area contributed by atoms with E-state index in [0.717, 1.165) is 79.7 Å². The number of morpholine rings is 1. The van der Waals surface area contributed by atoms with Gasteiger partial charge in [-0.3, -0.25) is 0 Å². The summed E-state index contributed by atoms with van der Waals surface area (Å²) in [5.74, 6) is 1.12. The number of thiazole rings is 1. The third-order valence-corrected chi connectivity index (χ3v) is 15.3. The lowest BCUT2D eigenvalue weighted by molar-refractivity contribution is 0.111. The fraction of sp³-hybridized carbons (Fsp3) is 0.389. The number of ether oxygens (including phenoxy) is 1. The minimum Gasteiger partial charge on any atom is -0.398 e. The molecule has 2 aromatic heterocycles. The summed E-state index contributed by atoms with van der Waals surface area (Å²) in [4.78, 5) is 9.64. The molecule has 4 heterocycles. The number of aromatic nitrogens is 4. The Morgan fingerprint density at radius 1 is 0.891 bits per heavy atom. The SMILES string of the molecule is CC(C)(C)[Si](O[C@H](c1nccs1)C1CCCN(c2nnnc3cc(N4CCOCC4)ccc23)C1)(c1ccccc1)c1ccccc1. The Hall–Kier alpha value is -3.70. The lowest BCUT2D eigenvalue weighted by atomic mass is 9.92. The maximum absolute atomic E-state index is 7.81. The molecule has 1 unspecified atom stereocenters. The van der Waals surface area contributed by atoms with E-state index in [1.54, 1.807) is 11.3 Å². The van der Waals surface area contributed by atoms with Crippen molar-refractivity contribution in [3.05, 3.63) is 95.4 Å². The summed E-state index contributed by atoms with van der Waals surface area (Å²) >= 11 is 1.70. The fourth-order valence-electron chi connectivity index (χ4n) is 7.26. The Bertz CT molecular complexity index is 1690. The number of hydrogen-bond donors (Lipinski definition) is 0. The molecule has 2 saturated heterocycles. The van der Waals surface area contributed by atoms with E-state index in [1.165, 1.54) is 10.4 Å². The Labute approximate surface area is 276 Å². The first-order valence-corrected chi connectivity index (χ1v) is 19.1. The van der Waals surface area contributed by atoms with Gasteiger partial charge in [-0.25, -0.2) is 4.98 Å². The topological polar surface area (TPSA) is 76.5 Å². The van der Waals surface area contributed by atoms with Gasteiger partial charge in [0.05, 0.1) is 13.2 Å². The van der Waals surface area contributed by atoms with Gasteiger partial charge in [-0.2, -0.15) is 0 Å². The maximum Gasteiger partial charge on any atom is 0.262 e. The lowest BCUT2D eigenvalue weighted by Gasteiger charge is -2.47. The number of hydrogen-bond acceptors (Lipinski definition) is 9. The van der Waals surface area contributed by atoms with E-state index in [1.807, 2.05) is 6.20 Å². The summed E-state index contributed by atoms with van der Waals surface area (Å²) in [6.45, 7) is 12.0. The van der Waals surface area contributed by atoms with Crippen LogP contribution >= 0.6 is 11.3 Å². The number of piperidine rings is 1. The van der Waals surface area contributed by atoms with Crippen molar-refractivity contribution in [1.82, 2.24) is 20.4 Å². The molecule has 0 amide bonds. The second-order valence-corrected chi connectivity index (χ2v) is 18.5. The van der Waals surface area contributed by atoms with Crippen LogP contribution in [0.2, 0.25) is 5.04 Å². The largest absolute Gasteiger partial charge is 0.398 e. The second kappa shape index (κ2) is 13.2. The van der Waals surface area contributed by atoms with E-state index in [4.69, 9.17) is 14.1 Å². The van der Waals surface area contributed by atoms with Gasteiger partial charge in [-0.1, -0.05) is 81.4 Å². The molecule has 0 bridgehead atoms. The highest BCUT2D eigenvalue weighted by Gasteiger charge is 2.53. The molecule has 2 aliphatic heterocycles. The molecule has 0 saturated carbocycles. The molecule has 0 radical (unpaired) electrons. The van der Waals surface area contributed by atoms with Gasteiger partial charge in [0.15, 0.2) is 5.82 Å². The van der Waals surface area contributed by atoms with Crippen molar-refractivity contribution in [2.75, 3.05) is 49.2 Å². The Morgan fingerprint density at radius 2 is 1.61 bits per heavy atom. The predicted molar refractivity (Wildman–Crippen MR) is 189 cm³/mol. The van der Waals surface area contributed by atoms with Gasteiger partial charge in [0.1, 0.15) is 16.6 Å². The number of fused-ring (bicyclic) bond motifs is 1. The van der Waals surface area contributed by atoms with Crippen LogP contribution in [-0.2, 0) is 9.16 Å². The van der Waals surface area contributed by atoms with E-state index in [-0.39, 0.29) is 17.1 Å². The lowest BCUT2D eigenvalue weighted by Crippen LogP contribution is -2.67. The van der Waals surface area contributed by atoms with Crippen molar-refractivity contribution in [1.29, 1.82) is 0 Å². The molecular formula is C36H42N6O2SSi. The minimum absolute atomic E-state index is 0.134. The van der Waals surface area contributed by atoms with Crippen molar-refractivity contribution in [3.8, 4) is 0 Å². The van der Waals surface area contributed by atoms with Crippen LogP contribution in [0.4, 0.5) is 11.5 Å². The first kappa shape index (κ1) is 30.9. The number of benzene rings is 3. The molecule has 7 rings (SSSR count). The highest BCUT2D eigenvalue weighted by molar-refractivity contribution is 7.09. The van der Waals surface area contributed by atoms with Gasteiger partial charge < -0.3 is 19.0 Å². The average molecular weight is 651 g/mol. The zero-order valence-electron chi connectivity index (χ0n) is 26.9. The monoisotopic (exact) mass is 650 g/mol. The first-order chi connectivity index (χ1) is 22.4. The van der Waals surface area contributed by atoms with Gasteiger partial charge >= 0.3 is 0 Å². The van der Waals surface area contributed by atoms with Crippen LogP contribution in [0.25, 0.3) is 10.9 Å². The van der Waals surface area contributed by atoms with Crippen molar-refractivity contribution in [2.24, 2.45) is 5.92 Å². The van der Waals surface area contributed by atoms with Gasteiger partial charge in [-0.15, -0.1) is 21.5 Å². The highest BCUT2D eigenvalue weighted by Crippen LogP contribution is 2.44.